The van der Waals surface area contributed by atoms with Crippen molar-refractivity contribution in [2.24, 2.45) is 5.92 Å². The fourth-order valence-corrected chi connectivity index (χ4v) is 3.24. The molecule has 2 rings (SSSR count). The third-order valence-electron chi connectivity index (χ3n) is 4.56. The lowest BCUT2D eigenvalue weighted by Gasteiger charge is -2.26. The van der Waals surface area contributed by atoms with Gasteiger partial charge in [-0.05, 0) is 45.2 Å². The topological polar surface area (TPSA) is 28.2 Å². The molecule has 0 bridgehead atoms. The first-order chi connectivity index (χ1) is 9.76. The van der Waals surface area contributed by atoms with Gasteiger partial charge in [0.15, 0.2) is 0 Å². The number of nitrogens with zero attached hydrogens (tertiary/aromatic N) is 2. The van der Waals surface area contributed by atoms with Crippen LogP contribution in [-0.4, -0.2) is 25.1 Å². The summed E-state index contributed by atoms with van der Waals surface area (Å²) in [6, 6.07) is 4.61. The van der Waals surface area contributed by atoms with Gasteiger partial charge in [-0.15, -0.1) is 0 Å². The van der Waals surface area contributed by atoms with Crippen molar-refractivity contribution in [1.29, 1.82) is 0 Å². The second kappa shape index (κ2) is 7.63. The van der Waals surface area contributed by atoms with E-state index in [-0.39, 0.29) is 0 Å². The minimum absolute atomic E-state index is 0.355. The molecule has 112 valence electrons. The molecule has 2 unspecified atom stereocenters. The second-order valence-electron chi connectivity index (χ2n) is 6.00. The highest BCUT2D eigenvalue weighted by atomic mass is 15.2. The summed E-state index contributed by atoms with van der Waals surface area (Å²) in [4.78, 5) is 7.17. The van der Waals surface area contributed by atoms with Crippen molar-refractivity contribution in [3.05, 3.63) is 23.9 Å². The van der Waals surface area contributed by atoms with Crippen molar-refractivity contribution in [3.63, 3.8) is 0 Å². The van der Waals surface area contributed by atoms with Crippen LogP contribution in [0, 0.1) is 5.92 Å². The van der Waals surface area contributed by atoms with E-state index in [9.17, 15) is 0 Å². The van der Waals surface area contributed by atoms with Crippen molar-refractivity contribution >= 4 is 5.82 Å². The molecule has 0 aromatic carbocycles. The van der Waals surface area contributed by atoms with Crippen LogP contribution in [0.5, 0.6) is 0 Å². The Hall–Kier alpha value is -1.09. The lowest BCUT2D eigenvalue weighted by Crippen LogP contribution is -2.28. The zero-order valence-corrected chi connectivity index (χ0v) is 13.2. The minimum atomic E-state index is 0.355. The zero-order valence-electron chi connectivity index (χ0n) is 13.2. The van der Waals surface area contributed by atoms with Gasteiger partial charge in [-0.3, -0.25) is 0 Å². The molecule has 20 heavy (non-hydrogen) atoms. The van der Waals surface area contributed by atoms with Gasteiger partial charge in [0.25, 0.3) is 0 Å². The lowest BCUT2D eigenvalue weighted by molar-refractivity contribution is 0.435. The maximum absolute atomic E-state index is 4.67. The fraction of sp³-hybridized carbons (Fsp3) is 0.706. The van der Waals surface area contributed by atoms with Crippen LogP contribution in [0.3, 0.4) is 0 Å². The molecule has 1 aliphatic rings. The van der Waals surface area contributed by atoms with Crippen molar-refractivity contribution in [3.8, 4) is 0 Å². The van der Waals surface area contributed by atoms with Crippen LogP contribution >= 0.6 is 0 Å². The van der Waals surface area contributed by atoms with E-state index in [0.717, 1.165) is 19.0 Å². The van der Waals surface area contributed by atoms with E-state index in [4.69, 9.17) is 0 Å². The fourth-order valence-electron chi connectivity index (χ4n) is 3.24. The summed E-state index contributed by atoms with van der Waals surface area (Å²) in [5.41, 5.74) is 1.32. The molecule has 1 saturated heterocycles. The number of aromatic nitrogens is 1. The van der Waals surface area contributed by atoms with Crippen LogP contribution in [0.25, 0.3) is 0 Å². The smallest absolute Gasteiger partial charge is 0.133 e. The molecular weight excluding hydrogens is 246 g/mol. The molecule has 1 aromatic heterocycles. The maximum atomic E-state index is 4.67. The Morgan fingerprint density at radius 2 is 2.25 bits per heavy atom. The Labute approximate surface area is 123 Å². The highest BCUT2D eigenvalue weighted by Crippen LogP contribution is 2.28. The Morgan fingerprint density at radius 1 is 1.40 bits per heavy atom. The largest absolute Gasteiger partial charge is 0.356 e. The Kier molecular flexibility index (Phi) is 5.84. The first-order valence-corrected chi connectivity index (χ1v) is 8.13. The summed E-state index contributed by atoms with van der Waals surface area (Å²) < 4.78 is 0. The molecule has 1 fully saturated rings. The van der Waals surface area contributed by atoms with Crippen molar-refractivity contribution in [2.75, 3.05) is 25.0 Å². The monoisotopic (exact) mass is 275 g/mol. The van der Waals surface area contributed by atoms with E-state index in [1.54, 1.807) is 0 Å². The first kappa shape index (κ1) is 15.3. The molecule has 3 nitrogen and oxygen atoms in total. The normalized spacial score (nSPS) is 21.6. The van der Waals surface area contributed by atoms with E-state index >= 15 is 0 Å². The van der Waals surface area contributed by atoms with Crippen LogP contribution in [0.1, 0.15) is 57.6 Å². The van der Waals surface area contributed by atoms with Crippen LogP contribution in [0.15, 0.2) is 18.3 Å². The average Bonchev–Trinajstić information content (AvgIpc) is 2.72. The summed E-state index contributed by atoms with van der Waals surface area (Å²) >= 11 is 0. The zero-order chi connectivity index (χ0) is 14.4. The molecule has 3 heteroatoms. The summed E-state index contributed by atoms with van der Waals surface area (Å²) in [7, 11) is 2.02. The molecule has 2 heterocycles. The number of nitrogens with one attached hydrogen (secondary N) is 1. The minimum Gasteiger partial charge on any atom is -0.356 e. The number of rotatable bonds is 5. The van der Waals surface area contributed by atoms with Gasteiger partial charge in [0, 0.05) is 30.9 Å². The van der Waals surface area contributed by atoms with Gasteiger partial charge in [-0.1, -0.05) is 25.8 Å². The number of hydrogen-bond donors (Lipinski definition) is 1. The predicted octanol–water partition coefficient (Wildman–Crippen LogP) is 3.77. The van der Waals surface area contributed by atoms with Gasteiger partial charge in [0.05, 0.1) is 0 Å². The maximum Gasteiger partial charge on any atom is 0.133 e. The molecule has 1 N–H and O–H groups in total. The first-order valence-electron chi connectivity index (χ1n) is 8.13. The summed E-state index contributed by atoms with van der Waals surface area (Å²) in [5.74, 6) is 2.10. The van der Waals surface area contributed by atoms with Crippen LogP contribution in [-0.2, 0) is 0 Å². The highest BCUT2D eigenvalue weighted by molar-refractivity contribution is 5.48. The Bertz CT molecular complexity index is 405. The molecule has 0 radical (unpaired) electrons. The second-order valence-corrected chi connectivity index (χ2v) is 6.00. The van der Waals surface area contributed by atoms with E-state index in [0.29, 0.717) is 6.04 Å². The number of pyridine rings is 1. The quantitative estimate of drug-likeness (QED) is 0.886. The molecule has 0 saturated carbocycles. The molecule has 2 atom stereocenters. The van der Waals surface area contributed by atoms with Crippen molar-refractivity contribution < 1.29 is 0 Å². The van der Waals surface area contributed by atoms with Gasteiger partial charge in [0.2, 0.25) is 0 Å². The van der Waals surface area contributed by atoms with Gasteiger partial charge in [-0.2, -0.15) is 0 Å². The third kappa shape index (κ3) is 3.72. The molecule has 1 aromatic rings. The van der Waals surface area contributed by atoms with E-state index in [1.165, 1.54) is 43.5 Å². The van der Waals surface area contributed by atoms with Gasteiger partial charge >= 0.3 is 0 Å². The van der Waals surface area contributed by atoms with Gasteiger partial charge < -0.3 is 10.2 Å². The van der Waals surface area contributed by atoms with Crippen LogP contribution < -0.4 is 10.2 Å². The van der Waals surface area contributed by atoms with E-state index in [1.807, 2.05) is 19.3 Å². The molecule has 0 amide bonds. The molecular formula is C17H29N3. The van der Waals surface area contributed by atoms with E-state index < -0.39 is 0 Å². The molecule has 1 aliphatic heterocycles. The SMILES string of the molecule is CCCC1CCCN(c2ncccc2C(C)NC)CC1. The third-order valence-corrected chi connectivity index (χ3v) is 4.56. The van der Waals surface area contributed by atoms with Crippen LogP contribution in [0.2, 0.25) is 0 Å². The number of anilines is 1. The van der Waals surface area contributed by atoms with Gasteiger partial charge in [-0.25, -0.2) is 4.98 Å². The summed E-state index contributed by atoms with van der Waals surface area (Å²) in [6.07, 6.45) is 8.63. The molecule has 0 spiro atoms. The Balaban J connectivity index is 2.11. The summed E-state index contributed by atoms with van der Waals surface area (Å²) in [6.45, 7) is 6.82. The Morgan fingerprint density at radius 3 is 3.00 bits per heavy atom. The van der Waals surface area contributed by atoms with Gasteiger partial charge in [0.1, 0.15) is 5.82 Å². The standard InChI is InChI=1S/C17H29N3/c1-4-7-15-8-6-12-20(13-10-15)17-16(14(2)18-3)9-5-11-19-17/h5,9,11,14-15,18H,4,6-8,10,12-13H2,1-3H3. The highest BCUT2D eigenvalue weighted by Gasteiger charge is 2.20. The van der Waals surface area contributed by atoms with Crippen molar-refractivity contribution in [2.45, 2.75) is 52.0 Å². The summed E-state index contributed by atoms with van der Waals surface area (Å²) in [5, 5.41) is 3.34. The van der Waals surface area contributed by atoms with Crippen LogP contribution in [0.4, 0.5) is 5.82 Å². The average molecular weight is 275 g/mol. The van der Waals surface area contributed by atoms with E-state index in [2.05, 4.69) is 35.1 Å². The lowest BCUT2D eigenvalue weighted by atomic mass is 9.96. The molecule has 0 aliphatic carbocycles. The van der Waals surface area contributed by atoms with Crippen molar-refractivity contribution in [1.82, 2.24) is 10.3 Å². The number of hydrogen-bond acceptors (Lipinski definition) is 3. The predicted molar refractivity (Wildman–Crippen MR) is 86.2 cm³/mol.